The highest BCUT2D eigenvalue weighted by molar-refractivity contribution is 9.10. The molecule has 0 atom stereocenters. The Kier molecular flexibility index (Phi) is 3.46. The van der Waals surface area contributed by atoms with Gasteiger partial charge in [-0.15, -0.1) is 0 Å². The monoisotopic (exact) mass is 294 g/mol. The van der Waals surface area contributed by atoms with Crippen molar-refractivity contribution < 1.29 is 0 Å². The molecule has 1 aromatic heterocycles. The van der Waals surface area contributed by atoms with Gasteiger partial charge in [0.1, 0.15) is 10.3 Å². The second-order valence-electron chi connectivity index (χ2n) is 2.30. The van der Waals surface area contributed by atoms with Crippen LogP contribution in [-0.4, -0.2) is 14.9 Å². The third-order valence-corrected chi connectivity index (χ3v) is 2.41. The predicted molar refractivity (Wildman–Crippen MR) is 54.7 cm³/mol. The molecule has 1 rings (SSSR count). The third-order valence-electron chi connectivity index (χ3n) is 1.51. The first kappa shape index (κ1) is 9.92. The predicted octanol–water partition coefficient (Wildman–Crippen LogP) is 1.71. The fourth-order valence-electron chi connectivity index (χ4n) is 0.899. The van der Waals surface area contributed by atoms with Gasteiger partial charge in [0.2, 0.25) is 0 Å². The van der Waals surface area contributed by atoms with E-state index >= 15 is 0 Å². The largest absolute Gasteiger partial charge is 0.295 e. The minimum atomic E-state index is -0.0260. The molecule has 1 heterocycles. The molecule has 3 nitrogen and oxygen atoms in total. The number of alkyl halides is 1. The molecule has 0 saturated carbocycles. The molecule has 0 aliphatic rings. The molecule has 0 N–H and O–H groups in total. The molecule has 0 amide bonds. The second kappa shape index (κ2) is 4.18. The Hall–Kier alpha value is -0.160. The van der Waals surface area contributed by atoms with E-state index in [0.717, 1.165) is 11.2 Å². The van der Waals surface area contributed by atoms with Gasteiger partial charge in [-0.2, -0.15) is 0 Å². The lowest BCUT2D eigenvalue weighted by atomic mass is 10.5. The topological polar surface area (TPSA) is 34.9 Å². The van der Waals surface area contributed by atoms with Gasteiger partial charge in [-0.3, -0.25) is 9.36 Å². The summed E-state index contributed by atoms with van der Waals surface area (Å²) in [5.74, 6) is 0.739. The van der Waals surface area contributed by atoms with Crippen molar-refractivity contribution in [3.05, 3.63) is 26.8 Å². The SMILES string of the molecule is Cc1ncc(Br)c(=O)n1CCBr. The van der Waals surface area contributed by atoms with Crippen molar-refractivity contribution in [1.82, 2.24) is 9.55 Å². The van der Waals surface area contributed by atoms with Crippen molar-refractivity contribution in [2.45, 2.75) is 13.5 Å². The summed E-state index contributed by atoms with van der Waals surface area (Å²) < 4.78 is 2.13. The third kappa shape index (κ3) is 1.95. The van der Waals surface area contributed by atoms with Crippen LogP contribution in [0.4, 0.5) is 0 Å². The lowest BCUT2D eigenvalue weighted by Gasteiger charge is -2.06. The fourth-order valence-corrected chi connectivity index (χ4v) is 1.57. The summed E-state index contributed by atoms with van der Waals surface area (Å²) in [5.41, 5.74) is -0.0260. The minimum absolute atomic E-state index is 0.0260. The number of halogens is 2. The molecule has 0 spiro atoms. The Morgan fingerprint density at radius 1 is 1.67 bits per heavy atom. The smallest absolute Gasteiger partial charge is 0.267 e. The van der Waals surface area contributed by atoms with E-state index in [1.807, 2.05) is 6.92 Å². The number of aromatic nitrogens is 2. The van der Waals surface area contributed by atoms with Crippen LogP contribution in [0.2, 0.25) is 0 Å². The zero-order chi connectivity index (χ0) is 9.14. The lowest BCUT2D eigenvalue weighted by Crippen LogP contribution is -2.24. The van der Waals surface area contributed by atoms with Gasteiger partial charge in [0.25, 0.3) is 5.56 Å². The summed E-state index contributed by atoms with van der Waals surface area (Å²) in [5, 5.41) is 0.756. The summed E-state index contributed by atoms with van der Waals surface area (Å²) >= 11 is 6.42. The van der Waals surface area contributed by atoms with E-state index in [9.17, 15) is 4.79 Å². The molecule has 0 radical (unpaired) electrons. The lowest BCUT2D eigenvalue weighted by molar-refractivity contribution is 0.679. The maximum absolute atomic E-state index is 11.4. The summed E-state index contributed by atoms with van der Waals surface area (Å²) in [6.07, 6.45) is 1.53. The molecular weight excluding hydrogens is 288 g/mol. The Morgan fingerprint density at radius 3 is 2.92 bits per heavy atom. The number of nitrogens with zero attached hydrogens (tertiary/aromatic N) is 2. The molecule has 1 aromatic rings. The molecule has 0 saturated heterocycles. The van der Waals surface area contributed by atoms with E-state index in [1.54, 1.807) is 4.57 Å². The molecule has 0 aliphatic carbocycles. The number of rotatable bonds is 2. The van der Waals surface area contributed by atoms with E-state index in [-0.39, 0.29) is 5.56 Å². The normalized spacial score (nSPS) is 10.2. The van der Waals surface area contributed by atoms with Crippen LogP contribution in [-0.2, 0) is 6.54 Å². The van der Waals surface area contributed by atoms with Crippen LogP contribution < -0.4 is 5.56 Å². The van der Waals surface area contributed by atoms with Crippen molar-refractivity contribution in [1.29, 1.82) is 0 Å². The Labute approximate surface area is 87.1 Å². The van der Waals surface area contributed by atoms with Crippen LogP contribution >= 0.6 is 31.9 Å². The van der Waals surface area contributed by atoms with Crippen molar-refractivity contribution in [3.63, 3.8) is 0 Å². The first-order valence-electron chi connectivity index (χ1n) is 3.44. The molecule has 0 aliphatic heterocycles. The first-order chi connectivity index (χ1) is 5.66. The molecule has 0 unspecified atom stereocenters. The van der Waals surface area contributed by atoms with Crippen LogP contribution in [0, 0.1) is 6.92 Å². The van der Waals surface area contributed by atoms with Crippen molar-refractivity contribution >= 4 is 31.9 Å². The average molecular weight is 296 g/mol. The highest BCUT2D eigenvalue weighted by Crippen LogP contribution is 2.01. The Bertz CT molecular complexity index is 335. The molecule has 12 heavy (non-hydrogen) atoms. The Balaban J connectivity index is 3.24. The van der Waals surface area contributed by atoms with Crippen molar-refractivity contribution in [3.8, 4) is 0 Å². The molecule has 0 bridgehead atoms. The van der Waals surface area contributed by atoms with Gasteiger partial charge < -0.3 is 0 Å². The summed E-state index contributed by atoms with van der Waals surface area (Å²) in [4.78, 5) is 15.5. The number of hydrogen-bond acceptors (Lipinski definition) is 2. The van der Waals surface area contributed by atoms with Crippen LogP contribution in [0.5, 0.6) is 0 Å². The van der Waals surface area contributed by atoms with Crippen LogP contribution in [0.3, 0.4) is 0 Å². The van der Waals surface area contributed by atoms with E-state index in [1.165, 1.54) is 6.20 Å². The number of hydrogen-bond donors (Lipinski definition) is 0. The summed E-state index contributed by atoms with van der Waals surface area (Å²) in [6, 6.07) is 0. The molecule has 0 aromatic carbocycles. The standard InChI is InChI=1S/C7H8Br2N2O/c1-5-10-4-6(9)7(12)11(5)3-2-8/h4H,2-3H2,1H3. The maximum Gasteiger partial charge on any atom is 0.267 e. The van der Waals surface area contributed by atoms with E-state index in [2.05, 4.69) is 36.8 Å². The van der Waals surface area contributed by atoms with Gasteiger partial charge in [0.05, 0.1) is 0 Å². The van der Waals surface area contributed by atoms with Crippen molar-refractivity contribution in [2.24, 2.45) is 0 Å². The molecular formula is C7H8Br2N2O. The van der Waals surface area contributed by atoms with Crippen LogP contribution in [0.15, 0.2) is 15.5 Å². The highest BCUT2D eigenvalue weighted by atomic mass is 79.9. The van der Waals surface area contributed by atoms with E-state index < -0.39 is 0 Å². The fraction of sp³-hybridized carbons (Fsp3) is 0.429. The van der Waals surface area contributed by atoms with Gasteiger partial charge in [-0.05, 0) is 22.9 Å². The van der Waals surface area contributed by atoms with Gasteiger partial charge in [0, 0.05) is 18.1 Å². The van der Waals surface area contributed by atoms with Crippen molar-refractivity contribution in [2.75, 3.05) is 5.33 Å². The Morgan fingerprint density at radius 2 is 2.33 bits per heavy atom. The molecule has 66 valence electrons. The molecule has 5 heteroatoms. The summed E-state index contributed by atoms with van der Waals surface area (Å²) in [6.45, 7) is 2.47. The quantitative estimate of drug-likeness (QED) is 0.779. The van der Waals surface area contributed by atoms with Gasteiger partial charge in [0.15, 0.2) is 0 Å². The highest BCUT2D eigenvalue weighted by Gasteiger charge is 2.03. The minimum Gasteiger partial charge on any atom is -0.295 e. The first-order valence-corrected chi connectivity index (χ1v) is 5.36. The van der Waals surface area contributed by atoms with E-state index in [4.69, 9.17) is 0 Å². The van der Waals surface area contributed by atoms with Crippen LogP contribution in [0.1, 0.15) is 5.82 Å². The zero-order valence-corrected chi connectivity index (χ0v) is 9.72. The molecule has 0 fully saturated rings. The van der Waals surface area contributed by atoms with Gasteiger partial charge in [-0.25, -0.2) is 4.98 Å². The van der Waals surface area contributed by atoms with E-state index in [0.29, 0.717) is 11.0 Å². The second-order valence-corrected chi connectivity index (χ2v) is 3.95. The van der Waals surface area contributed by atoms with Gasteiger partial charge >= 0.3 is 0 Å². The van der Waals surface area contributed by atoms with Gasteiger partial charge in [-0.1, -0.05) is 15.9 Å². The summed E-state index contributed by atoms with van der Waals surface area (Å²) in [7, 11) is 0. The zero-order valence-electron chi connectivity index (χ0n) is 6.55. The maximum atomic E-state index is 11.4. The average Bonchev–Trinajstić information content (AvgIpc) is 2.06. The van der Waals surface area contributed by atoms with Crippen LogP contribution in [0.25, 0.3) is 0 Å². The number of aryl methyl sites for hydroxylation is 1.